The lowest BCUT2D eigenvalue weighted by Gasteiger charge is -2.08. The van der Waals surface area contributed by atoms with Gasteiger partial charge in [0.1, 0.15) is 4.21 Å². The Morgan fingerprint density at radius 1 is 0.933 bits per heavy atom. The fraction of sp³-hybridized carbons (Fsp3) is 0.143. The maximum Gasteiger partial charge on any atom is 0.271 e. The molecular formula is C21H21N3O4S2. The van der Waals surface area contributed by atoms with E-state index < -0.39 is 10.0 Å². The predicted octanol–water partition coefficient (Wildman–Crippen LogP) is 2.77. The molecule has 3 rings (SSSR count). The van der Waals surface area contributed by atoms with Crippen molar-refractivity contribution in [2.45, 2.75) is 17.2 Å². The maximum atomic E-state index is 12.2. The zero-order chi connectivity index (χ0) is 21.6. The number of carbonyl (C=O) groups is 2. The molecule has 1 aromatic heterocycles. The Hall–Kier alpha value is -3.17. The molecule has 9 heteroatoms. The summed E-state index contributed by atoms with van der Waals surface area (Å²) in [7, 11) is -2.02. The average molecular weight is 444 g/mol. The first-order valence-corrected chi connectivity index (χ1v) is 11.5. The predicted molar refractivity (Wildman–Crippen MR) is 117 cm³/mol. The number of rotatable bonds is 8. The monoisotopic (exact) mass is 443 g/mol. The van der Waals surface area contributed by atoms with Crippen LogP contribution in [0.5, 0.6) is 0 Å². The van der Waals surface area contributed by atoms with Crippen LogP contribution in [0.2, 0.25) is 0 Å². The maximum absolute atomic E-state index is 12.2. The van der Waals surface area contributed by atoms with E-state index in [1.54, 1.807) is 67.0 Å². The van der Waals surface area contributed by atoms with E-state index in [2.05, 4.69) is 15.4 Å². The molecule has 0 aliphatic carbocycles. The van der Waals surface area contributed by atoms with E-state index in [-0.39, 0.29) is 22.4 Å². The van der Waals surface area contributed by atoms with Gasteiger partial charge in [-0.3, -0.25) is 14.3 Å². The fourth-order valence-electron chi connectivity index (χ4n) is 2.68. The molecule has 2 amide bonds. The quantitative estimate of drug-likeness (QED) is 0.498. The van der Waals surface area contributed by atoms with Gasteiger partial charge in [0.2, 0.25) is 5.91 Å². The number of hydrogen-bond acceptors (Lipinski definition) is 5. The minimum Gasteiger partial charge on any atom is -0.355 e. The number of hydrogen-bond donors (Lipinski definition) is 3. The summed E-state index contributed by atoms with van der Waals surface area (Å²) < 4.78 is 27.2. The number of benzene rings is 2. The topological polar surface area (TPSA) is 104 Å². The van der Waals surface area contributed by atoms with Crippen molar-refractivity contribution >= 4 is 38.9 Å². The van der Waals surface area contributed by atoms with Gasteiger partial charge in [0.15, 0.2) is 0 Å². The number of anilines is 1. The number of sulfonamides is 1. The van der Waals surface area contributed by atoms with Gasteiger partial charge in [0.25, 0.3) is 15.9 Å². The molecule has 3 N–H and O–H groups in total. The summed E-state index contributed by atoms with van der Waals surface area (Å²) in [5.41, 5.74) is 2.64. The van der Waals surface area contributed by atoms with E-state index in [4.69, 9.17) is 0 Å². The van der Waals surface area contributed by atoms with Crippen LogP contribution in [0, 0.1) is 0 Å². The van der Waals surface area contributed by atoms with Gasteiger partial charge in [-0.15, -0.1) is 11.3 Å². The third-order valence-electron chi connectivity index (χ3n) is 4.26. The Bertz CT molecular complexity index is 1110. The first kappa shape index (κ1) is 21.5. The van der Waals surface area contributed by atoms with Crippen LogP contribution in [-0.2, 0) is 27.8 Å². The second-order valence-electron chi connectivity index (χ2n) is 6.46. The van der Waals surface area contributed by atoms with E-state index in [1.165, 1.54) is 6.07 Å². The summed E-state index contributed by atoms with van der Waals surface area (Å²) in [5, 5.41) is 7.09. The number of carbonyl (C=O) groups excluding carboxylic acids is 2. The molecule has 0 atom stereocenters. The average Bonchev–Trinajstić information content (AvgIpc) is 3.29. The summed E-state index contributed by atoms with van der Waals surface area (Å²) in [6.45, 7) is 0.353. The Labute approximate surface area is 179 Å². The van der Waals surface area contributed by atoms with Gasteiger partial charge >= 0.3 is 0 Å². The highest BCUT2D eigenvalue weighted by Crippen LogP contribution is 2.20. The smallest absolute Gasteiger partial charge is 0.271 e. The van der Waals surface area contributed by atoms with Crippen LogP contribution in [0.4, 0.5) is 5.69 Å². The van der Waals surface area contributed by atoms with Crippen molar-refractivity contribution in [3.05, 3.63) is 82.7 Å². The summed E-state index contributed by atoms with van der Waals surface area (Å²) in [6, 6.07) is 16.9. The molecule has 0 saturated carbocycles. The minimum absolute atomic E-state index is 0.155. The normalized spacial score (nSPS) is 11.0. The minimum atomic E-state index is -3.59. The standard InChI is InChI=1S/C21H21N3O4S2/c1-22-21(26)17-8-4-16(5-9-17)14-23-19(25)13-15-6-10-18(11-7-15)24-30(27,28)20-3-2-12-29-20/h2-12,24H,13-14H2,1H3,(H,22,26)(H,23,25). The molecule has 0 aliphatic heterocycles. The molecule has 30 heavy (non-hydrogen) atoms. The SMILES string of the molecule is CNC(=O)c1ccc(CNC(=O)Cc2ccc(NS(=O)(=O)c3cccs3)cc2)cc1. The third-order valence-corrected chi connectivity index (χ3v) is 7.04. The lowest BCUT2D eigenvalue weighted by Crippen LogP contribution is -2.24. The van der Waals surface area contributed by atoms with Gasteiger partial charge < -0.3 is 10.6 Å². The largest absolute Gasteiger partial charge is 0.355 e. The lowest BCUT2D eigenvalue weighted by atomic mass is 10.1. The zero-order valence-electron chi connectivity index (χ0n) is 16.2. The van der Waals surface area contributed by atoms with Crippen LogP contribution in [0.3, 0.4) is 0 Å². The van der Waals surface area contributed by atoms with Crippen molar-refractivity contribution in [1.29, 1.82) is 0 Å². The first-order chi connectivity index (χ1) is 14.4. The summed E-state index contributed by atoms with van der Waals surface area (Å²) in [6.07, 6.45) is 0.175. The van der Waals surface area contributed by atoms with Crippen LogP contribution in [-0.4, -0.2) is 27.3 Å². The van der Waals surface area contributed by atoms with E-state index in [0.717, 1.165) is 22.5 Å². The van der Waals surface area contributed by atoms with Crippen molar-refractivity contribution in [3.63, 3.8) is 0 Å². The van der Waals surface area contributed by atoms with E-state index in [9.17, 15) is 18.0 Å². The fourth-order valence-corrected chi connectivity index (χ4v) is 4.73. The number of amides is 2. The van der Waals surface area contributed by atoms with Crippen molar-refractivity contribution in [2.75, 3.05) is 11.8 Å². The molecule has 0 radical (unpaired) electrons. The zero-order valence-corrected chi connectivity index (χ0v) is 17.8. The lowest BCUT2D eigenvalue weighted by molar-refractivity contribution is -0.120. The highest BCUT2D eigenvalue weighted by molar-refractivity contribution is 7.94. The number of nitrogens with one attached hydrogen (secondary N) is 3. The van der Waals surface area contributed by atoms with Crippen LogP contribution in [0.1, 0.15) is 21.5 Å². The molecule has 0 bridgehead atoms. The van der Waals surface area contributed by atoms with Crippen LogP contribution in [0.25, 0.3) is 0 Å². The van der Waals surface area contributed by atoms with Crippen LogP contribution in [0.15, 0.2) is 70.3 Å². The molecule has 0 unspecified atom stereocenters. The van der Waals surface area contributed by atoms with Gasteiger partial charge in [-0.1, -0.05) is 30.3 Å². The second kappa shape index (κ2) is 9.55. The molecule has 0 spiro atoms. The third kappa shape index (κ3) is 5.68. The summed E-state index contributed by atoms with van der Waals surface area (Å²) in [5.74, 6) is -0.316. The van der Waals surface area contributed by atoms with E-state index >= 15 is 0 Å². The van der Waals surface area contributed by atoms with Crippen molar-refractivity contribution in [1.82, 2.24) is 10.6 Å². The molecule has 2 aromatic carbocycles. The summed E-state index contributed by atoms with van der Waals surface area (Å²) >= 11 is 1.14. The Morgan fingerprint density at radius 3 is 2.20 bits per heavy atom. The molecule has 3 aromatic rings. The number of thiophene rings is 1. The molecule has 0 aliphatic rings. The van der Waals surface area contributed by atoms with Crippen molar-refractivity contribution in [2.24, 2.45) is 0 Å². The first-order valence-electron chi connectivity index (χ1n) is 9.10. The summed E-state index contributed by atoms with van der Waals surface area (Å²) in [4.78, 5) is 23.7. The molecular weight excluding hydrogens is 422 g/mol. The second-order valence-corrected chi connectivity index (χ2v) is 9.32. The highest BCUT2D eigenvalue weighted by atomic mass is 32.2. The van der Waals surface area contributed by atoms with Crippen LogP contribution < -0.4 is 15.4 Å². The van der Waals surface area contributed by atoms with Gasteiger partial charge in [-0.25, -0.2) is 8.42 Å². The van der Waals surface area contributed by atoms with E-state index in [1.807, 2.05) is 0 Å². The molecule has 0 saturated heterocycles. The Balaban J connectivity index is 1.51. The van der Waals surface area contributed by atoms with Crippen LogP contribution >= 0.6 is 11.3 Å². The van der Waals surface area contributed by atoms with Crippen molar-refractivity contribution < 1.29 is 18.0 Å². The molecule has 156 valence electrons. The molecule has 1 heterocycles. The van der Waals surface area contributed by atoms with Gasteiger partial charge in [0, 0.05) is 24.8 Å². The van der Waals surface area contributed by atoms with E-state index in [0.29, 0.717) is 17.8 Å². The highest BCUT2D eigenvalue weighted by Gasteiger charge is 2.15. The Kier molecular flexibility index (Phi) is 6.86. The van der Waals surface area contributed by atoms with Gasteiger partial charge in [-0.05, 0) is 46.8 Å². The van der Waals surface area contributed by atoms with Gasteiger partial charge in [0.05, 0.1) is 6.42 Å². The molecule has 7 nitrogen and oxygen atoms in total. The Morgan fingerprint density at radius 2 is 1.60 bits per heavy atom. The molecule has 0 fully saturated rings. The van der Waals surface area contributed by atoms with Gasteiger partial charge in [-0.2, -0.15) is 0 Å². The van der Waals surface area contributed by atoms with Crippen molar-refractivity contribution in [3.8, 4) is 0 Å².